The number of benzene rings is 1. The van der Waals surface area contributed by atoms with Crippen molar-refractivity contribution in [2.45, 2.75) is 6.92 Å². The Morgan fingerprint density at radius 3 is 3.00 bits per heavy atom. The Hall–Kier alpha value is -1.02. The third-order valence-electron chi connectivity index (χ3n) is 1.68. The molecule has 0 fully saturated rings. The zero-order chi connectivity index (χ0) is 7.84. The van der Waals surface area contributed by atoms with Gasteiger partial charge in [-0.15, -0.1) is 11.3 Å². The van der Waals surface area contributed by atoms with E-state index in [0.717, 1.165) is 15.6 Å². The number of thiophene rings is 1. The maximum atomic E-state index is 9.45. The van der Waals surface area contributed by atoms with E-state index in [0.29, 0.717) is 5.75 Å². The maximum absolute atomic E-state index is 9.45. The fraction of sp³-hybridized carbons (Fsp3) is 0.111. The molecule has 0 aliphatic heterocycles. The zero-order valence-corrected chi connectivity index (χ0v) is 6.98. The van der Waals surface area contributed by atoms with Crippen LogP contribution >= 0.6 is 11.3 Å². The second-order valence-corrected chi connectivity index (χ2v) is 3.54. The Bertz CT molecular complexity index is 389. The van der Waals surface area contributed by atoms with Crippen molar-refractivity contribution < 1.29 is 5.11 Å². The van der Waals surface area contributed by atoms with Gasteiger partial charge in [-0.25, -0.2) is 0 Å². The summed E-state index contributed by atoms with van der Waals surface area (Å²) < 4.78 is 0.982. The van der Waals surface area contributed by atoms with Crippen molar-refractivity contribution in [3.05, 3.63) is 29.1 Å². The quantitative estimate of drug-likeness (QED) is 0.634. The first-order valence-electron chi connectivity index (χ1n) is 3.44. The van der Waals surface area contributed by atoms with Crippen LogP contribution in [-0.2, 0) is 0 Å². The number of phenols is 1. The van der Waals surface area contributed by atoms with E-state index in [-0.39, 0.29) is 0 Å². The number of hydrogen-bond donors (Lipinski definition) is 1. The van der Waals surface area contributed by atoms with Crippen LogP contribution in [0.1, 0.15) is 5.56 Å². The van der Waals surface area contributed by atoms with Gasteiger partial charge in [-0.2, -0.15) is 0 Å². The number of fused-ring (bicyclic) bond motifs is 1. The molecule has 0 aliphatic carbocycles. The smallest absolute Gasteiger partial charge is 0.133 e. The second-order valence-electron chi connectivity index (χ2n) is 2.62. The molecule has 1 N–H and O–H groups in total. The molecule has 0 saturated carbocycles. The number of hydrogen-bond acceptors (Lipinski definition) is 2. The summed E-state index contributed by atoms with van der Waals surface area (Å²) in [5.74, 6) is 0.398. The molecule has 2 rings (SSSR count). The summed E-state index contributed by atoms with van der Waals surface area (Å²) in [5, 5.41) is 12.6. The molecule has 0 bridgehead atoms. The van der Waals surface area contributed by atoms with E-state index in [2.05, 4.69) is 6.07 Å². The Morgan fingerprint density at radius 2 is 2.18 bits per heavy atom. The van der Waals surface area contributed by atoms with Crippen LogP contribution in [0.3, 0.4) is 0 Å². The van der Waals surface area contributed by atoms with E-state index in [4.69, 9.17) is 0 Å². The predicted molar refractivity (Wildman–Crippen MR) is 48.2 cm³/mol. The molecule has 56 valence electrons. The monoisotopic (exact) mass is 164 g/mol. The predicted octanol–water partition coefficient (Wildman–Crippen LogP) is 2.92. The van der Waals surface area contributed by atoms with Crippen LogP contribution in [-0.4, -0.2) is 5.11 Å². The van der Waals surface area contributed by atoms with Crippen LogP contribution in [0.5, 0.6) is 5.75 Å². The lowest BCUT2D eigenvalue weighted by molar-refractivity contribution is 0.482. The third-order valence-corrected chi connectivity index (χ3v) is 2.63. The molecular weight excluding hydrogens is 156 g/mol. The molecule has 1 aromatic heterocycles. The lowest BCUT2D eigenvalue weighted by Crippen LogP contribution is -1.70. The summed E-state index contributed by atoms with van der Waals surface area (Å²) in [6.45, 7) is 1.98. The Morgan fingerprint density at radius 1 is 1.36 bits per heavy atom. The van der Waals surface area contributed by atoms with Crippen LogP contribution in [0.25, 0.3) is 10.1 Å². The van der Waals surface area contributed by atoms with Gasteiger partial charge in [0.05, 0.1) is 4.70 Å². The van der Waals surface area contributed by atoms with Gasteiger partial charge >= 0.3 is 0 Å². The molecule has 0 amide bonds. The van der Waals surface area contributed by atoms with Gasteiger partial charge in [0.15, 0.2) is 0 Å². The molecule has 0 unspecified atom stereocenters. The molecule has 2 heteroatoms. The van der Waals surface area contributed by atoms with Gasteiger partial charge < -0.3 is 5.11 Å². The van der Waals surface area contributed by atoms with Crippen LogP contribution < -0.4 is 0 Å². The zero-order valence-electron chi connectivity index (χ0n) is 6.16. The van der Waals surface area contributed by atoms with Crippen LogP contribution in [0, 0.1) is 6.92 Å². The fourth-order valence-electron chi connectivity index (χ4n) is 1.21. The van der Waals surface area contributed by atoms with Gasteiger partial charge in [0.1, 0.15) is 5.75 Å². The molecule has 2 aromatic rings. The maximum Gasteiger partial charge on any atom is 0.133 e. The Balaban J connectivity index is 2.91. The second kappa shape index (κ2) is 2.24. The summed E-state index contributed by atoms with van der Waals surface area (Å²) in [4.78, 5) is 0. The van der Waals surface area contributed by atoms with Crippen molar-refractivity contribution in [2.24, 2.45) is 0 Å². The van der Waals surface area contributed by atoms with E-state index in [9.17, 15) is 5.11 Å². The van der Waals surface area contributed by atoms with Crippen molar-refractivity contribution >= 4 is 21.4 Å². The number of phenolic OH excluding ortho intramolecular Hbond substituents is 1. The largest absolute Gasteiger partial charge is 0.506 e. The first-order chi connectivity index (χ1) is 5.27. The molecule has 1 nitrogen and oxygen atoms in total. The molecule has 0 atom stereocenters. The summed E-state index contributed by atoms with van der Waals surface area (Å²) >= 11 is 1.57. The van der Waals surface area contributed by atoms with Gasteiger partial charge in [0.2, 0.25) is 0 Å². The van der Waals surface area contributed by atoms with Gasteiger partial charge in [0, 0.05) is 0 Å². The van der Waals surface area contributed by atoms with Crippen molar-refractivity contribution in [1.29, 1.82) is 0 Å². The first kappa shape index (κ1) is 6.68. The van der Waals surface area contributed by atoms with Gasteiger partial charge in [-0.05, 0) is 35.4 Å². The number of rotatable bonds is 0. The molecule has 1 heterocycles. The van der Waals surface area contributed by atoms with Crippen LogP contribution in [0.15, 0.2) is 23.6 Å². The van der Waals surface area contributed by atoms with Crippen molar-refractivity contribution in [3.63, 3.8) is 0 Å². The van der Waals surface area contributed by atoms with Crippen LogP contribution in [0.2, 0.25) is 0 Å². The lowest BCUT2D eigenvalue weighted by atomic mass is 10.2. The third kappa shape index (κ3) is 0.994. The van der Waals surface area contributed by atoms with E-state index in [1.807, 2.05) is 18.4 Å². The average molecular weight is 164 g/mol. The van der Waals surface area contributed by atoms with Crippen LogP contribution in [0.4, 0.5) is 0 Å². The molecule has 0 aliphatic rings. The highest BCUT2D eigenvalue weighted by Crippen LogP contribution is 2.30. The minimum Gasteiger partial charge on any atom is -0.506 e. The molecule has 0 saturated heterocycles. The Kier molecular flexibility index (Phi) is 1.36. The number of aromatic hydroxyl groups is 1. The van der Waals surface area contributed by atoms with Gasteiger partial charge in [-0.1, -0.05) is 6.07 Å². The topological polar surface area (TPSA) is 20.2 Å². The first-order valence-corrected chi connectivity index (χ1v) is 4.32. The van der Waals surface area contributed by atoms with E-state index >= 15 is 0 Å². The molecule has 11 heavy (non-hydrogen) atoms. The summed E-state index contributed by atoms with van der Waals surface area (Å²) in [6, 6.07) is 5.89. The number of aryl methyl sites for hydroxylation is 1. The lowest BCUT2D eigenvalue weighted by Gasteiger charge is -1.95. The SMILES string of the molecule is Cc1cc(O)c2sccc2c1. The minimum atomic E-state index is 0.398. The molecule has 1 aromatic carbocycles. The van der Waals surface area contributed by atoms with Gasteiger partial charge in [0.25, 0.3) is 0 Å². The van der Waals surface area contributed by atoms with E-state index < -0.39 is 0 Å². The average Bonchev–Trinajstić information content (AvgIpc) is 2.34. The summed E-state index contributed by atoms with van der Waals surface area (Å²) in [6.07, 6.45) is 0. The van der Waals surface area contributed by atoms with Crippen molar-refractivity contribution in [2.75, 3.05) is 0 Å². The normalized spacial score (nSPS) is 10.6. The van der Waals surface area contributed by atoms with E-state index in [1.54, 1.807) is 17.4 Å². The van der Waals surface area contributed by atoms with Crippen molar-refractivity contribution in [3.8, 4) is 5.75 Å². The van der Waals surface area contributed by atoms with Crippen molar-refractivity contribution in [1.82, 2.24) is 0 Å². The highest BCUT2D eigenvalue weighted by atomic mass is 32.1. The summed E-state index contributed by atoms with van der Waals surface area (Å²) in [5.41, 5.74) is 1.11. The highest BCUT2D eigenvalue weighted by Gasteiger charge is 2.00. The fourth-order valence-corrected chi connectivity index (χ4v) is 2.00. The Labute approximate surface area is 68.9 Å². The standard InChI is InChI=1S/C9H8OS/c1-6-4-7-2-3-11-9(7)8(10)5-6/h2-5,10H,1H3. The molecular formula is C9H8OS. The highest BCUT2D eigenvalue weighted by molar-refractivity contribution is 7.17. The molecule has 0 spiro atoms. The minimum absolute atomic E-state index is 0.398. The summed E-state index contributed by atoms with van der Waals surface area (Å²) in [7, 11) is 0. The van der Waals surface area contributed by atoms with E-state index in [1.165, 1.54) is 0 Å². The van der Waals surface area contributed by atoms with Gasteiger partial charge in [-0.3, -0.25) is 0 Å². The molecule has 0 radical (unpaired) electrons.